The van der Waals surface area contributed by atoms with Crippen LogP contribution in [0.25, 0.3) is 0 Å². The molecule has 0 bridgehead atoms. The Morgan fingerprint density at radius 3 is 2.59 bits per heavy atom. The number of aromatic nitrogens is 2. The van der Waals surface area contributed by atoms with Gasteiger partial charge in [0.25, 0.3) is 5.88 Å². The summed E-state index contributed by atoms with van der Waals surface area (Å²) in [5.74, 6) is -0.634. The number of carboxylic acid groups (broad SMARTS) is 1. The fourth-order valence-electron chi connectivity index (χ4n) is 1.17. The van der Waals surface area contributed by atoms with Gasteiger partial charge in [0.05, 0.1) is 6.20 Å². The molecular weight excluding hydrogens is 288 g/mol. The highest BCUT2D eigenvalue weighted by Gasteiger charge is 2.13. The second-order valence-electron chi connectivity index (χ2n) is 3.11. The minimum Gasteiger partial charge on any atom is -0.477 e. The number of carboxylic acids is 1. The Morgan fingerprint density at radius 1 is 1.24 bits per heavy atom. The predicted molar refractivity (Wildman–Crippen MR) is 63.2 cm³/mol. The Labute approximate surface area is 105 Å². The van der Waals surface area contributed by atoms with Crippen LogP contribution in [0.4, 0.5) is 0 Å². The van der Waals surface area contributed by atoms with E-state index in [2.05, 4.69) is 26.1 Å². The zero-order valence-electron chi connectivity index (χ0n) is 8.50. The third kappa shape index (κ3) is 2.79. The van der Waals surface area contributed by atoms with Gasteiger partial charge in [-0.1, -0.05) is 15.9 Å². The molecule has 0 saturated carbocycles. The molecular formula is C11H7BrN2O3. The second-order valence-corrected chi connectivity index (χ2v) is 4.03. The van der Waals surface area contributed by atoms with E-state index in [4.69, 9.17) is 9.84 Å². The Bertz CT molecular complexity index is 543. The number of nitrogens with zero attached hydrogens (tertiary/aromatic N) is 2. The molecule has 0 atom stereocenters. The fourth-order valence-corrected chi connectivity index (χ4v) is 1.44. The van der Waals surface area contributed by atoms with E-state index < -0.39 is 5.97 Å². The van der Waals surface area contributed by atoms with Crippen molar-refractivity contribution in [3.05, 3.63) is 46.6 Å². The molecule has 17 heavy (non-hydrogen) atoms. The molecule has 0 unspecified atom stereocenters. The van der Waals surface area contributed by atoms with Crippen LogP contribution >= 0.6 is 15.9 Å². The van der Waals surface area contributed by atoms with Crippen LogP contribution in [0, 0.1) is 0 Å². The van der Waals surface area contributed by atoms with Crippen LogP contribution in [-0.4, -0.2) is 21.3 Å². The topological polar surface area (TPSA) is 72.3 Å². The van der Waals surface area contributed by atoms with Crippen LogP contribution in [0.2, 0.25) is 0 Å². The monoisotopic (exact) mass is 294 g/mol. The maximum atomic E-state index is 10.9. The molecule has 6 heteroatoms. The summed E-state index contributed by atoms with van der Waals surface area (Å²) in [6, 6.07) is 8.30. The summed E-state index contributed by atoms with van der Waals surface area (Å²) >= 11 is 3.29. The highest BCUT2D eigenvalue weighted by atomic mass is 79.9. The Hall–Kier alpha value is -1.95. The molecule has 86 valence electrons. The van der Waals surface area contributed by atoms with E-state index in [9.17, 15) is 4.79 Å². The third-order valence-corrected chi connectivity index (χ3v) is 2.47. The number of halogens is 1. The first kappa shape index (κ1) is 11.5. The minimum atomic E-state index is -1.10. The van der Waals surface area contributed by atoms with Crippen molar-refractivity contribution in [2.24, 2.45) is 0 Å². The molecule has 0 aliphatic rings. The maximum Gasteiger partial charge on any atom is 0.341 e. The summed E-state index contributed by atoms with van der Waals surface area (Å²) in [5, 5.41) is 16.2. The van der Waals surface area contributed by atoms with Gasteiger partial charge in [-0.25, -0.2) is 4.79 Å². The molecule has 0 amide bonds. The van der Waals surface area contributed by atoms with Crippen LogP contribution in [-0.2, 0) is 0 Å². The molecule has 2 aromatic rings. The molecule has 0 radical (unpaired) electrons. The average Bonchev–Trinajstić information content (AvgIpc) is 2.32. The molecule has 1 aromatic heterocycles. The molecule has 1 heterocycles. The van der Waals surface area contributed by atoms with Crippen molar-refractivity contribution >= 4 is 21.9 Å². The van der Waals surface area contributed by atoms with Crippen molar-refractivity contribution in [1.82, 2.24) is 10.2 Å². The van der Waals surface area contributed by atoms with E-state index in [-0.39, 0.29) is 11.4 Å². The van der Waals surface area contributed by atoms with Gasteiger partial charge in [-0.15, -0.1) is 5.10 Å². The third-order valence-electron chi connectivity index (χ3n) is 1.95. The average molecular weight is 295 g/mol. The fraction of sp³-hybridized carbons (Fsp3) is 0. The summed E-state index contributed by atoms with van der Waals surface area (Å²) in [4.78, 5) is 10.9. The predicted octanol–water partition coefficient (Wildman–Crippen LogP) is 2.73. The van der Waals surface area contributed by atoms with Gasteiger partial charge in [-0.2, -0.15) is 5.10 Å². The SMILES string of the molecule is O=C(O)c1ccnnc1Oc1ccc(Br)cc1. The molecule has 0 fully saturated rings. The maximum absolute atomic E-state index is 10.9. The lowest BCUT2D eigenvalue weighted by Gasteiger charge is -2.05. The Morgan fingerprint density at radius 2 is 1.94 bits per heavy atom. The smallest absolute Gasteiger partial charge is 0.341 e. The van der Waals surface area contributed by atoms with Crippen LogP contribution < -0.4 is 4.74 Å². The van der Waals surface area contributed by atoms with Crippen molar-refractivity contribution in [1.29, 1.82) is 0 Å². The molecule has 0 aliphatic carbocycles. The second kappa shape index (κ2) is 4.92. The summed E-state index contributed by atoms with van der Waals surface area (Å²) in [5.41, 5.74) is -0.0251. The lowest BCUT2D eigenvalue weighted by atomic mass is 10.3. The van der Waals surface area contributed by atoms with Gasteiger partial charge in [0.2, 0.25) is 0 Å². The molecule has 5 nitrogen and oxygen atoms in total. The van der Waals surface area contributed by atoms with E-state index in [0.29, 0.717) is 5.75 Å². The Balaban J connectivity index is 2.30. The highest BCUT2D eigenvalue weighted by Crippen LogP contribution is 2.23. The van der Waals surface area contributed by atoms with E-state index in [1.807, 2.05) is 0 Å². The van der Waals surface area contributed by atoms with E-state index in [1.165, 1.54) is 12.3 Å². The lowest BCUT2D eigenvalue weighted by molar-refractivity contribution is 0.0693. The molecule has 2 rings (SSSR count). The van der Waals surface area contributed by atoms with Crippen LogP contribution in [0.5, 0.6) is 11.6 Å². The molecule has 0 spiro atoms. The number of benzene rings is 1. The van der Waals surface area contributed by atoms with E-state index in [0.717, 1.165) is 4.47 Å². The quantitative estimate of drug-likeness (QED) is 0.942. The van der Waals surface area contributed by atoms with Gasteiger partial charge >= 0.3 is 5.97 Å². The van der Waals surface area contributed by atoms with Crippen LogP contribution in [0.1, 0.15) is 10.4 Å². The molecule has 1 N–H and O–H groups in total. The zero-order valence-corrected chi connectivity index (χ0v) is 10.1. The first-order chi connectivity index (χ1) is 8.16. The van der Waals surface area contributed by atoms with Crippen molar-refractivity contribution in [3.63, 3.8) is 0 Å². The van der Waals surface area contributed by atoms with E-state index in [1.54, 1.807) is 24.3 Å². The largest absolute Gasteiger partial charge is 0.477 e. The molecule has 1 aromatic carbocycles. The number of aromatic carboxylic acids is 1. The Kier molecular flexibility index (Phi) is 3.34. The first-order valence-electron chi connectivity index (χ1n) is 4.65. The lowest BCUT2D eigenvalue weighted by Crippen LogP contribution is -2.02. The standard InChI is InChI=1S/C11H7BrN2O3/c12-7-1-3-8(4-2-7)17-10-9(11(15)16)5-6-13-14-10/h1-6H,(H,15,16). The summed E-state index contributed by atoms with van der Waals surface area (Å²) in [6.45, 7) is 0. The van der Waals surface area contributed by atoms with Gasteiger partial charge in [-0.3, -0.25) is 0 Å². The van der Waals surface area contributed by atoms with E-state index >= 15 is 0 Å². The number of ether oxygens (including phenoxy) is 1. The van der Waals surface area contributed by atoms with Gasteiger partial charge in [0.1, 0.15) is 11.3 Å². The summed E-state index contributed by atoms with van der Waals surface area (Å²) < 4.78 is 6.26. The number of hydrogen-bond acceptors (Lipinski definition) is 4. The normalized spacial score (nSPS) is 9.94. The molecule has 0 aliphatic heterocycles. The van der Waals surface area contributed by atoms with Gasteiger partial charge < -0.3 is 9.84 Å². The van der Waals surface area contributed by atoms with Crippen molar-refractivity contribution in [2.75, 3.05) is 0 Å². The number of carbonyl (C=O) groups is 1. The summed E-state index contributed by atoms with van der Waals surface area (Å²) in [7, 11) is 0. The number of hydrogen-bond donors (Lipinski definition) is 1. The first-order valence-corrected chi connectivity index (χ1v) is 5.44. The van der Waals surface area contributed by atoms with Crippen molar-refractivity contribution in [3.8, 4) is 11.6 Å². The highest BCUT2D eigenvalue weighted by molar-refractivity contribution is 9.10. The van der Waals surface area contributed by atoms with Crippen LogP contribution in [0.3, 0.4) is 0 Å². The van der Waals surface area contributed by atoms with Gasteiger partial charge in [0.15, 0.2) is 0 Å². The summed E-state index contributed by atoms with van der Waals surface area (Å²) in [6.07, 6.45) is 1.30. The zero-order chi connectivity index (χ0) is 12.3. The van der Waals surface area contributed by atoms with Crippen molar-refractivity contribution in [2.45, 2.75) is 0 Å². The van der Waals surface area contributed by atoms with Gasteiger partial charge in [-0.05, 0) is 30.3 Å². The van der Waals surface area contributed by atoms with Gasteiger partial charge in [0, 0.05) is 4.47 Å². The minimum absolute atomic E-state index is 0.0251. The van der Waals surface area contributed by atoms with Crippen molar-refractivity contribution < 1.29 is 14.6 Å². The number of rotatable bonds is 3. The van der Waals surface area contributed by atoms with Crippen LogP contribution in [0.15, 0.2) is 41.0 Å². The molecule has 0 saturated heterocycles.